The van der Waals surface area contributed by atoms with Gasteiger partial charge < -0.3 is 25.1 Å². The number of para-hydroxylation sites is 2. The van der Waals surface area contributed by atoms with Gasteiger partial charge in [0.05, 0.1) is 25.3 Å². The lowest BCUT2D eigenvalue weighted by Crippen LogP contribution is -2.19. The van der Waals surface area contributed by atoms with Crippen LogP contribution in [-0.2, 0) is 11.3 Å². The number of nitrogen functional groups attached to an aromatic ring is 1. The van der Waals surface area contributed by atoms with Crippen molar-refractivity contribution in [2.75, 3.05) is 25.3 Å². The highest BCUT2D eigenvalue weighted by Crippen LogP contribution is 2.30. The zero-order chi connectivity index (χ0) is 20.4. The predicted molar refractivity (Wildman–Crippen MR) is 106 cm³/mol. The maximum atomic E-state index is 12.8. The summed E-state index contributed by atoms with van der Waals surface area (Å²) in [6, 6.07) is 12.5. The number of amides is 1. The van der Waals surface area contributed by atoms with Crippen LogP contribution in [0.4, 0.5) is 11.5 Å². The van der Waals surface area contributed by atoms with Crippen molar-refractivity contribution in [1.82, 2.24) is 19.9 Å². The molecule has 0 unspecified atom stereocenters. The summed E-state index contributed by atoms with van der Waals surface area (Å²) in [7, 11) is 3.08. The highest BCUT2D eigenvalue weighted by atomic mass is 16.6. The van der Waals surface area contributed by atoms with E-state index in [0.717, 1.165) is 5.52 Å². The van der Waals surface area contributed by atoms with Crippen molar-refractivity contribution < 1.29 is 18.9 Å². The molecule has 2 aromatic carbocycles. The first-order valence-electron chi connectivity index (χ1n) is 8.66. The van der Waals surface area contributed by atoms with Gasteiger partial charge in [0.2, 0.25) is 5.91 Å². The molecule has 0 aliphatic heterocycles. The molecule has 4 rings (SSSR count). The fourth-order valence-electron chi connectivity index (χ4n) is 3.03. The van der Waals surface area contributed by atoms with Crippen molar-refractivity contribution in [3.63, 3.8) is 0 Å². The van der Waals surface area contributed by atoms with E-state index in [2.05, 4.69) is 20.6 Å². The number of hydrogen-bond acceptors (Lipinski definition) is 8. The second kappa shape index (κ2) is 7.50. The van der Waals surface area contributed by atoms with Crippen molar-refractivity contribution >= 4 is 28.4 Å². The minimum atomic E-state index is -0.267. The van der Waals surface area contributed by atoms with Gasteiger partial charge in [-0.15, -0.1) is 0 Å². The van der Waals surface area contributed by atoms with E-state index in [4.69, 9.17) is 19.8 Å². The molecule has 4 aromatic rings. The van der Waals surface area contributed by atoms with E-state index in [0.29, 0.717) is 28.5 Å². The number of hydrogen-bond donors (Lipinski definition) is 2. The number of carbonyl (C=O) groups excluding carboxylic acids is 1. The Bertz CT molecular complexity index is 1180. The smallest absolute Gasteiger partial charge is 0.244 e. The van der Waals surface area contributed by atoms with E-state index >= 15 is 0 Å². The molecule has 2 aromatic heterocycles. The number of ether oxygens (including phenoxy) is 2. The molecule has 1 amide bonds. The molecule has 0 atom stereocenters. The number of carbonyl (C=O) groups is 1. The monoisotopic (exact) mass is 394 g/mol. The number of benzene rings is 2. The average Bonchev–Trinajstić information content (AvgIpc) is 3.31. The van der Waals surface area contributed by atoms with Crippen LogP contribution in [0.2, 0.25) is 0 Å². The summed E-state index contributed by atoms with van der Waals surface area (Å²) in [5.74, 6) is 1.31. The van der Waals surface area contributed by atoms with E-state index in [9.17, 15) is 4.79 Å². The zero-order valence-corrected chi connectivity index (χ0v) is 15.7. The molecular weight excluding hydrogens is 376 g/mol. The summed E-state index contributed by atoms with van der Waals surface area (Å²) in [6.45, 7) is -0.0174. The Kier molecular flexibility index (Phi) is 4.73. The van der Waals surface area contributed by atoms with E-state index in [1.54, 1.807) is 29.9 Å². The van der Waals surface area contributed by atoms with Crippen LogP contribution >= 0.6 is 0 Å². The van der Waals surface area contributed by atoms with Crippen LogP contribution < -0.4 is 20.5 Å². The molecule has 2 heterocycles. The van der Waals surface area contributed by atoms with Gasteiger partial charge in [-0.1, -0.05) is 12.1 Å². The molecule has 0 aliphatic rings. The van der Waals surface area contributed by atoms with Gasteiger partial charge >= 0.3 is 0 Å². The first kappa shape index (κ1) is 18.3. The molecule has 10 nitrogen and oxygen atoms in total. The molecule has 3 N–H and O–H groups in total. The number of aromatic nitrogens is 4. The summed E-state index contributed by atoms with van der Waals surface area (Å²) in [5, 5.41) is 10.3. The summed E-state index contributed by atoms with van der Waals surface area (Å²) in [5.41, 5.74) is 8.13. The third kappa shape index (κ3) is 3.43. The van der Waals surface area contributed by atoms with Gasteiger partial charge in [0.15, 0.2) is 28.8 Å². The van der Waals surface area contributed by atoms with E-state index in [1.165, 1.54) is 7.11 Å². The van der Waals surface area contributed by atoms with Crippen LogP contribution in [0.1, 0.15) is 0 Å². The predicted octanol–water partition coefficient (Wildman–Crippen LogP) is 2.32. The highest BCUT2D eigenvalue weighted by molar-refractivity contribution is 5.93. The van der Waals surface area contributed by atoms with Crippen molar-refractivity contribution in [2.24, 2.45) is 0 Å². The maximum absolute atomic E-state index is 12.8. The number of imidazole rings is 1. The molecule has 29 heavy (non-hydrogen) atoms. The lowest BCUT2D eigenvalue weighted by atomic mass is 10.2. The number of anilines is 2. The van der Waals surface area contributed by atoms with Crippen LogP contribution in [0, 0.1) is 0 Å². The minimum Gasteiger partial charge on any atom is -0.493 e. The number of nitrogens with zero attached hydrogens (tertiary/aromatic N) is 4. The van der Waals surface area contributed by atoms with Gasteiger partial charge in [0.1, 0.15) is 6.54 Å². The van der Waals surface area contributed by atoms with Gasteiger partial charge in [-0.2, -0.15) is 0 Å². The summed E-state index contributed by atoms with van der Waals surface area (Å²) in [4.78, 5) is 17.3. The number of nitrogens with two attached hydrogens (primary N) is 1. The number of nitrogens with one attached hydrogen (secondary N) is 1. The van der Waals surface area contributed by atoms with Crippen molar-refractivity contribution in [1.29, 1.82) is 0 Å². The Hall–Kier alpha value is -4.08. The van der Waals surface area contributed by atoms with Crippen molar-refractivity contribution in [3.8, 4) is 23.0 Å². The molecular formula is C19H18N6O4. The molecule has 10 heteroatoms. The second-order valence-corrected chi connectivity index (χ2v) is 6.13. The van der Waals surface area contributed by atoms with Crippen LogP contribution in [0.15, 0.2) is 47.1 Å². The van der Waals surface area contributed by atoms with E-state index in [1.807, 2.05) is 24.3 Å². The minimum absolute atomic E-state index is 0.0174. The van der Waals surface area contributed by atoms with Gasteiger partial charge in [-0.3, -0.25) is 4.79 Å². The quantitative estimate of drug-likeness (QED) is 0.509. The first-order chi connectivity index (χ1) is 14.1. The van der Waals surface area contributed by atoms with E-state index in [-0.39, 0.29) is 24.0 Å². The molecule has 0 radical (unpaired) electrons. The molecule has 0 bridgehead atoms. The summed E-state index contributed by atoms with van der Waals surface area (Å²) >= 11 is 0. The molecule has 0 aliphatic carbocycles. The third-order valence-electron chi connectivity index (χ3n) is 4.35. The van der Waals surface area contributed by atoms with Gasteiger partial charge in [-0.05, 0) is 34.6 Å². The van der Waals surface area contributed by atoms with Crippen LogP contribution in [0.25, 0.3) is 22.6 Å². The number of methoxy groups -OCH3 is 2. The Balaban J connectivity index is 1.65. The van der Waals surface area contributed by atoms with Gasteiger partial charge in [0.25, 0.3) is 0 Å². The Morgan fingerprint density at radius 2 is 1.93 bits per heavy atom. The van der Waals surface area contributed by atoms with Crippen LogP contribution in [0.3, 0.4) is 0 Å². The van der Waals surface area contributed by atoms with Crippen LogP contribution in [0.5, 0.6) is 11.5 Å². The highest BCUT2D eigenvalue weighted by Gasteiger charge is 2.20. The van der Waals surface area contributed by atoms with E-state index < -0.39 is 0 Å². The van der Waals surface area contributed by atoms with Gasteiger partial charge in [0, 0.05) is 11.8 Å². The number of fused-ring (bicyclic) bond motifs is 1. The topological polar surface area (TPSA) is 130 Å². The summed E-state index contributed by atoms with van der Waals surface area (Å²) in [6.07, 6.45) is 0. The van der Waals surface area contributed by atoms with Crippen molar-refractivity contribution in [3.05, 3.63) is 42.5 Å². The largest absolute Gasteiger partial charge is 0.493 e. The average molecular weight is 394 g/mol. The third-order valence-corrected chi connectivity index (χ3v) is 4.35. The summed E-state index contributed by atoms with van der Waals surface area (Å²) < 4.78 is 16.9. The maximum Gasteiger partial charge on any atom is 0.244 e. The molecule has 148 valence electrons. The lowest BCUT2D eigenvalue weighted by molar-refractivity contribution is -0.116. The fourth-order valence-corrected chi connectivity index (χ4v) is 3.03. The molecule has 0 saturated heterocycles. The molecule has 0 saturated carbocycles. The normalized spacial score (nSPS) is 10.8. The van der Waals surface area contributed by atoms with Crippen LogP contribution in [-0.4, -0.2) is 40.0 Å². The van der Waals surface area contributed by atoms with Crippen molar-refractivity contribution in [2.45, 2.75) is 6.54 Å². The lowest BCUT2D eigenvalue weighted by Gasteiger charge is -2.12. The Labute approximate surface area is 165 Å². The SMILES string of the molecule is COc1ccc(NC(=O)Cn2c(-c3nonc3N)nc3ccccc32)cc1OC. The fraction of sp³-hybridized carbons (Fsp3) is 0.158. The Morgan fingerprint density at radius 3 is 2.66 bits per heavy atom. The molecule has 0 fully saturated rings. The number of rotatable bonds is 6. The molecule has 0 spiro atoms. The Morgan fingerprint density at radius 1 is 1.14 bits per heavy atom. The first-order valence-corrected chi connectivity index (χ1v) is 8.66. The van der Waals surface area contributed by atoms with Gasteiger partial charge in [-0.25, -0.2) is 9.61 Å². The standard InChI is InChI=1S/C19H18N6O4/c1-27-14-8-7-11(9-15(14)28-2)21-16(26)10-25-13-6-4-3-5-12(13)22-19(25)17-18(20)24-29-23-17/h3-9H,10H2,1-2H3,(H2,20,24)(H,21,26). The second-order valence-electron chi connectivity index (χ2n) is 6.13. The zero-order valence-electron chi connectivity index (χ0n) is 15.7.